The van der Waals surface area contributed by atoms with Crippen LogP contribution in [0.4, 0.5) is 0 Å². The van der Waals surface area contributed by atoms with Crippen molar-refractivity contribution in [3.05, 3.63) is 131 Å². The molecule has 49 heavy (non-hydrogen) atoms. The molecule has 0 bridgehead atoms. The van der Waals surface area contributed by atoms with E-state index in [0.717, 1.165) is 0 Å². The van der Waals surface area contributed by atoms with Crippen LogP contribution in [0.5, 0.6) is 0 Å². The maximum atomic E-state index is 2.38. The van der Waals surface area contributed by atoms with Gasteiger partial charge in [-0.15, -0.1) is 69.1 Å². The van der Waals surface area contributed by atoms with Crippen LogP contribution in [0.15, 0.2) is 109 Å². The number of hydrogen-bond acceptors (Lipinski definition) is 0. The minimum atomic E-state index is 0. The molecule has 0 aliphatic rings. The third-order valence-corrected chi connectivity index (χ3v) is 9.23. The van der Waals surface area contributed by atoms with Gasteiger partial charge in [-0.2, -0.15) is 0 Å². The van der Waals surface area contributed by atoms with Crippen molar-refractivity contribution in [2.24, 2.45) is 0 Å². The zero-order valence-corrected chi connectivity index (χ0v) is 36.8. The van der Waals surface area contributed by atoms with E-state index in [0.29, 0.717) is 0 Å². The van der Waals surface area contributed by atoms with E-state index in [1.54, 1.807) is 0 Å². The molecule has 6 aromatic carbocycles. The molecule has 0 atom stereocenters. The Kier molecular flexibility index (Phi) is 13.8. The van der Waals surface area contributed by atoms with Crippen LogP contribution in [0.1, 0.15) is 105 Å². The van der Waals surface area contributed by atoms with Crippen molar-refractivity contribution in [1.29, 1.82) is 0 Å². The SMILES string of the molecule is CC(C)(C)c1cc(-c2cc3ccccc3[cH-]2)cc(C(C)(C)C)c1.CC(C)(C)c1cc(-c2cc3ccccc3[cH-]2)cc(C(C)(C)C)c1.[Cl-].[Cl-].[Hf+4]. The molecule has 0 nitrogen and oxygen atoms in total. The summed E-state index contributed by atoms with van der Waals surface area (Å²) in [7, 11) is 0. The summed E-state index contributed by atoms with van der Waals surface area (Å²) in [5.41, 5.74) is 11.6. The molecule has 0 spiro atoms. The van der Waals surface area contributed by atoms with Crippen molar-refractivity contribution in [2.45, 2.75) is 105 Å². The quantitative estimate of drug-likeness (QED) is 0.124. The van der Waals surface area contributed by atoms with Crippen LogP contribution < -0.4 is 24.8 Å². The van der Waals surface area contributed by atoms with Gasteiger partial charge in [-0.05, 0) is 43.9 Å². The fraction of sp³-hybridized carbons (Fsp3) is 0.348. The smallest absolute Gasteiger partial charge is 1.00 e. The first-order valence-corrected chi connectivity index (χ1v) is 16.9. The Hall–Kier alpha value is -2.45. The molecule has 0 saturated heterocycles. The van der Waals surface area contributed by atoms with Crippen LogP contribution in [-0.2, 0) is 47.5 Å². The van der Waals surface area contributed by atoms with Crippen LogP contribution in [0, 0.1) is 0 Å². The van der Waals surface area contributed by atoms with E-state index in [1.165, 1.54) is 66.1 Å². The summed E-state index contributed by atoms with van der Waals surface area (Å²) in [5.74, 6) is 0. The topological polar surface area (TPSA) is 0 Å². The molecule has 0 amide bonds. The molecule has 0 unspecified atom stereocenters. The van der Waals surface area contributed by atoms with Crippen molar-refractivity contribution in [3.8, 4) is 22.3 Å². The summed E-state index contributed by atoms with van der Waals surface area (Å²) in [4.78, 5) is 0. The Morgan fingerprint density at radius 2 is 0.633 bits per heavy atom. The normalized spacial score (nSPS) is 12.0. The average Bonchev–Trinajstić information content (AvgIpc) is 3.60. The van der Waals surface area contributed by atoms with Crippen molar-refractivity contribution in [1.82, 2.24) is 0 Å². The summed E-state index contributed by atoms with van der Waals surface area (Å²) in [6.07, 6.45) is 0. The summed E-state index contributed by atoms with van der Waals surface area (Å²) < 4.78 is 0. The van der Waals surface area contributed by atoms with Gasteiger partial charge in [0.15, 0.2) is 0 Å². The molecule has 0 fully saturated rings. The van der Waals surface area contributed by atoms with Crippen LogP contribution in [0.25, 0.3) is 43.8 Å². The Morgan fingerprint density at radius 3 is 0.878 bits per heavy atom. The second kappa shape index (κ2) is 15.8. The van der Waals surface area contributed by atoms with Gasteiger partial charge in [-0.3, -0.25) is 0 Å². The van der Waals surface area contributed by atoms with Crippen molar-refractivity contribution in [3.63, 3.8) is 0 Å². The van der Waals surface area contributed by atoms with Gasteiger partial charge < -0.3 is 24.8 Å². The summed E-state index contributed by atoms with van der Waals surface area (Å²) in [5, 5.41) is 5.28. The Morgan fingerprint density at radius 1 is 0.367 bits per heavy atom. The maximum absolute atomic E-state index is 2.38. The third-order valence-electron chi connectivity index (χ3n) is 9.23. The molecular formula is C46H54Cl2Hf. The van der Waals surface area contributed by atoms with E-state index < -0.39 is 0 Å². The summed E-state index contributed by atoms with van der Waals surface area (Å²) >= 11 is 0. The van der Waals surface area contributed by atoms with Crippen molar-refractivity contribution >= 4 is 21.5 Å². The fourth-order valence-corrected chi connectivity index (χ4v) is 5.95. The number of halogens is 2. The Balaban J connectivity index is 0.000000321. The molecule has 256 valence electrons. The van der Waals surface area contributed by atoms with Gasteiger partial charge in [0.25, 0.3) is 0 Å². The van der Waals surface area contributed by atoms with E-state index >= 15 is 0 Å². The molecule has 0 saturated carbocycles. The van der Waals surface area contributed by atoms with E-state index in [2.05, 4.69) is 192 Å². The van der Waals surface area contributed by atoms with E-state index in [4.69, 9.17) is 0 Å². The zero-order chi connectivity index (χ0) is 33.7. The zero-order valence-electron chi connectivity index (χ0n) is 31.6. The Bertz CT molecular complexity index is 1700. The minimum Gasteiger partial charge on any atom is -1.00 e. The standard InChI is InChI=1S/2C23H27.2ClH.Hf/c2*1-22(2,3)20-13-19(14-21(15-20)23(4,5)6)18-11-16-9-7-8-10-17(16)12-18;;;/h2*7-15H,1-6H3;2*1H;/q2*-1;;;+4/p-2. The molecule has 3 heteroatoms. The van der Waals surface area contributed by atoms with E-state index in [1.807, 2.05) is 0 Å². The molecule has 0 aliphatic carbocycles. The van der Waals surface area contributed by atoms with Crippen molar-refractivity contribution < 1.29 is 50.7 Å². The fourth-order valence-electron chi connectivity index (χ4n) is 5.95. The van der Waals surface area contributed by atoms with E-state index in [-0.39, 0.29) is 72.3 Å². The molecular weight excluding hydrogens is 802 g/mol. The van der Waals surface area contributed by atoms with Crippen LogP contribution in [-0.4, -0.2) is 0 Å². The molecule has 0 heterocycles. The van der Waals surface area contributed by atoms with Crippen LogP contribution >= 0.6 is 0 Å². The molecule has 6 aromatic rings. The van der Waals surface area contributed by atoms with Gasteiger partial charge >= 0.3 is 25.8 Å². The second-order valence-electron chi connectivity index (χ2n) is 17.3. The van der Waals surface area contributed by atoms with Crippen LogP contribution in [0.2, 0.25) is 0 Å². The Labute approximate surface area is 328 Å². The number of fused-ring (bicyclic) bond motifs is 2. The first kappa shape index (κ1) is 42.7. The third kappa shape index (κ3) is 10.3. The molecule has 0 aliphatic heterocycles. The summed E-state index contributed by atoms with van der Waals surface area (Å²) in [6.45, 7) is 27.5. The predicted molar refractivity (Wildman–Crippen MR) is 205 cm³/mol. The molecule has 6 rings (SSSR count). The van der Waals surface area contributed by atoms with Crippen LogP contribution in [0.3, 0.4) is 0 Å². The second-order valence-corrected chi connectivity index (χ2v) is 17.3. The largest absolute Gasteiger partial charge is 4.00 e. The molecule has 0 radical (unpaired) electrons. The minimum absolute atomic E-state index is 0. The monoisotopic (exact) mass is 856 g/mol. The van der Waals surface area contributed by atoms with Gasteiger partial charge in [0.05, 0.1) is 0 Å². The first-order valence-electron chi connectivity index (χ1n) is 16.9. The first-order chi connectivity index (χ1) is 21.3. The molecule has 0 aromatic heterocycles. The predicted octanol–water partition coefficient (Wildman–Crippen LogP) is 7.65. The van der Waals surface area contributed by atoms with Gasteiger partial charge in [0.1, 0.15) is 0 Å². The van der Waals surface area contributed by atoms with Gasteiger partial charge in [-0.25, -0.2) is 0 Å². The van der Waals surface area contributed by atoms with Gasteiger partial charge in [0, 0.05) is 0 Å². The molecule has 0 N–H and O–H groups in total. The number of rotatable bonds is 2. The van der Waals surface area contributed by atoms with E-state index in [9.17, 15) is 0 Å². The van der Waals surface area contributed by atoms with Gasteiger partial charge in [0.2, 0.25) is 0 Å². The maximum Gasteiger partial charge on any atom is 4.00 e. The number of hydrogen-bond donors (Lipinski definition) is 0. The van der Waals surface area contributed by atoms with Crippen molar-refractivity contribution in [2.75, 3.05) is 0 Å². The number of benzene rings is 4. The average molecular weight is 856 g/mol. The summed E-state index contributed by atoms with van der Waals surface area (Å²) in [6, 6.07) is 40.7. The van der Waals surface area contributed by atoms with Gasteiger partial charge in [-0.1, -0.05) is 167 Å².